The van der Waals surface area contributed by atoms with Crippen molar-refractivity contribution in [1.82, 2.24) is 0 Å². The molecule has 2 unspecified atom stereocenters. The Bertz CT molecular complexity index is 267. The third-order valence-corrected chi connectivity index (χ3v) is 3.06. The summed E-state index contributed by atoms with van der Waals surface area (Å²) in [6, 6.07) is 8.72. The Morgan fingerprint density at radius 2 is 1.92 bits per heavy atom. The van der Waals surface area contributed by atoms with Crippen LogP contribution in [-0.2, 0) is 4.74 Å². The molecular formula is C11H12O. The van der Waals surface area contributed by atoms with E-state index in [0.29, 0.717) is 12.0 Å². The molecule has 1 aromatic rings. The van der Waals surface area contributed by atoms with Crippen LogP contribution in [0.15, 0.2) is 24.3 Å². The van der Waals surface area contributed by atoms with E-state index in [2.05, 4.69) is 24.3 Å². The van der Waals surface area contributed by atoms with Crippen LogP contribution in [-0.4, -0.2) is 6.61 Å². The number of hydrogen-bond donors (Lipinski definition) is 0. The molecule has 1 saturated heterocycles. The Kier molecular flexibility index (Phi) is 1.30. The molecule has 2 bridgehead atoms. The summed E-state index contributed by atoms with van der Waals surface area (Å²) < 4.78 is 5.70. The topological polar surface area (TPSA) is 9.23 Å². The van der Waals surface area contributed by atoms with Gasteiger partial charge in [0.1, 0.15) is 0 Å². The lowest BCUT2D eigenvalue weighted by Crippen LogP contribution is -2.27. The molecule has 1 fully saturated rings. The standard InChI is InChI=1S/C11H12O/c1-2-4-10-9(3-1)8-5-6-11(10)12-7-8/h1-4,8,11H,5-7H2. The van der Waals surface area contributed by atoms with Gasteiger partial charge in [0, 0.05) is 5.92 Å². The van der Waals surface area contributed by atoms with E-state index in [1.54, 1.807) is 5.56 Å². The molecule has 1 aromatic carbocycles. The van der Waals surface area contributed by atoms with Gasteiger partial charge in [0.05, 0.1) is 12.7 Å². The van der Waals surface area contributed by atoms with Crippen molar-refractivity contribution in [3.8, 4) is 0 Å². The summed E-state index contributed by atoms with van der Waals surface area (Å²) in [6.45, 7) is 0.946. The van der Waals surface area contributed by atoms with Gasteiger partial charge in [-0.3, -0.25) is 0 Å². The highest BCUT2D eigenvalue weighted by Crippen LogP contribution is 2.44. The van der Waals surface area contributed by atoms with Crippen LogP contribution in [0.25, 0.3) is 0 Å². The zero-order chi connectivity index (χ0) is 7.97. The van der Waals surface area contributed by atoms with Crippen molar-refractivity contribution in [1.29, 1.82) is 0 Å². The lowest BCUT2D eigenvalue weighted by atomic mass is 9.79. The molecule has 0 radical (unpaired) electrons. The van der Waals surface area contributed by atoms with E-state index in [0.717, 1.165) is 6.61 Å². The molecule has 2 atom stereocenters. The van der Waals surface area contributed by atoms with Gasteiger partial charge in [-0.1, -0.05) is 24.3 Å². The number of ether oxygens (including phenoxy) is 1. The smallest absolute Gasteiger partial charge is 0.0828 e. The quantitative estimate of drug-likeness (QED) is 0.567. The van der Waals surface area contributed by atoms with Gasteiger partial charge in [-0.05, 0) is 24.0 Å². The fourth-order valence-corrected chi connectivity index (χ4v) is 2.42. The summed E-state index contributed by atoms with van der Waals surface area (Å²) in [5.41, 5.74) is 2.99. The van der Waals surface area contributed by atoms with E-state index in [1.165, 1.54) is 18.4 Å². The molecule has 2 heterocycles. The van der Waals surface area contributed by atoms with Gasteiger partial charge in [-0.2, -0.15) is 0 Å². The van der Waals surface area contributed by atoms with Gasteiger partial charge in [-0.25, -0.2) is 0 Å². The molecule has 0 amide bonds. The zero-order valence-corrected chi connectivity index (χ0v) is 6.99. The first-order chi connectivity index (χ1) is 5.95. The summed E-state index contributed by atoms with van der Waals surface area (Å²) in [6.07, 6.45) is 2.95. The maximum Gasteiger partial charge on any atom is 0.0828 e. The van der Waals surface area contributed by atoms with Crippen LogP contribution < -0.4 is 0 Å². The lowest BCUT2D eigenvalue weighted by molar-refractivity contribution is -0.0142. The highest BCUT2D eigenvalue weighted by atomic mass is 16.5. The minimum Gasteiger partial charge on any atom is -0.373 e. The molecule has 0 N–H and O–H groups in total. The van der Waals surface area contributed by atoms with Gasteiger partial charge in [0.2, 0.25) is 0 Å². The van der Waals surface area contributed by atoms with Crippen molar-refractivity contribution in [2.75, 3.05) is 6.61 Å². The fourth-order valence-electron chi connectivity index (χ4n) is 2.42. The van der Waals surface area contributed by atoms with Crippen molar-refractivity contribution in [2.45, 2.75) is 24.9 Å². The second-order valence-electron chi connectivity index (χ2n) is 3.73. The van der Waals surface area contributed by atoms with Crippen molar-refractivity contribution < 1.29 is 4.74 Å². The lowest BCUT2D eigenvalue weighted by Gasteiger charge is -2.38. The minimum absolute atomic E-state index is 0.409. The molecule has 4 rings (SSSR count). The van der Waals surface area contributed by atoms with Crippen LogP contribution in [0.1, 0.15) is 36.0 Å². The number of benzene rings is 1. The maximum absolute atomic E-state index is 5.70. The predicted octanol–water partition coefficient (Wildman–Crippen LogP) is 2.64. The number of rotatable bonds is 0. The van der Waals surface area contributed by atoms with E-state index in [9.17, 15) is 0 Å². The second-order valence-corrected chi connectivity index (χ2v) is 3.73. The molecule has 0 saturated carbocycles. The molecule has 2 aliphatic heterocycles. The monoisotopic (exact) mass is 160 g/mol. The van der Waals surface area contributed by atoms with Crippen LogP contribution in [0.5, 0.6) is 0 Å². The highest BCUT2D eigenvalue weighted by molar-refractivity contribution is 5.36. The van der Waals surface area contributed by atoms with Crippen molar-refractivity contribution in [3.05, 3.63) is 35.4 Å². The number of fused-ring (bicyclic) bond motifs is 2. The van der Waals surface area contributed by atoms with E-state index in [1.807, 2.05) is 0 Å². The van der Waals surface area contributed by atoms with E-state index in [-0.39, 0.29) is 0 Å². The third kappa shape index (κ3) is 0.774. The van der Waals surface area contributed by atoms with Crippen molar-refractivity contribution >= 4 is 0 Å². The molecule has 3 aliphatic rings. The van der Waals surface area contributed by atoms with Gasteiger partial charge in [-0.15, -0.1) is 0 Å². The van der Waals surface area contributed by atoms with Gasteiger partial charge in [0.15, 0.2) is 0 Å². The molecular weight excluding hydrogens is 148 g/mol. The summed E-state index contributed by atoms with van der Waals surface area (Å²) in [4.78, 5) is 0. The molecule has 62 valence electrons. The second kappa shape index (κ2) is 2.33. The Balaban J connectivity index is 2.19. The van der Waals surface area contributed by atoms with Crippen LogP contribution >= 0.6 is 0 Å². The van der Waals surface area contributed by atoms with Crippen LogP contribution in [0.4, 0.5) is 0 Å². The molecule has 1 aliphatic carbocycles. The predicted molar refractivity (Wildman–Crippen MR) is 47.1 cm³/mol. The first-order valence-corrected chi connectivity index (χ1v) is 4.65. The first kappa shape index (κ1) is 6.67. The largest absolute Gasteiger partial charge is 0.373 e. The Morgan fingerprint density at radius 1 is 1.08 bits per heavy atom. The normalized spacial score (nSPS) is 31.7. The highest BCUT2D eigenvalue weighted by Gasteiger charge is 2.32. The van der Waals surface area contributed by atoms with E-state index in [4.69, 9.17) is 4.74 Å². The Hall–Kier alpha value is -0.820. The third-order valence-electron chi connectivity index (χ3n) is 3.06. The first-order valence-electron chi connectivity index (χ1n) is 4.65. The summed E-state index contributed by atoms with van der Waals surface area (Å²) >= 11 is 0. The Morgan fingerprint density at radius 3 is 2.58 bits per heavy atom. The van der Waals surface area contributed by atoms with Gasteiger partial charge < -0.3 is 4.74 Å². The zero-order valence-electron chi connectivity index (χ0n) is 6.99. The van der Waals surface area contributed by atoms with Gasteiger partial charge >= 0.3 is 0 Å². The molecule has 1 nitrogen and oxygen atoms in total. The van der Waals surface area contributed by atoms with E-state index >= 15 is 0 Å². The van der Waals surface area contributed by atoms with Gasteiger partial charge in [0.25, 0.3) is 0 Å². The van der Waals surface area contributed by atoms with E-state index < -0.39 is 0 Å². The summed E-state index contributed by atoms with van der Waals surface area (Å²) in [5.74, 6) is 0.686. The Labute approximate surface area is 72.4 Å². The maximum atomic E-state index is 5.70. The molecule has 0 aromatic heterocycles. The van der Waals surface area contributed by atoms with Crippen molar-refractivity contribution in [3.63, 3.8) is 0 Å². The minimum atomic E-state index is 0.409. The van der Waals surface area contributed by atoms with Crippen LogP contribution in [0, 0.1) is 0 Å². The molecule has 0 spiro atoms. The van der Waals surface area contributed by atoms with Crippen molar-refractivity contribution in [2.24, 2.45) is 0 Å². The summed E-state index contributed by atoms with van der Waals surface area (Å²) in [5, 5.41) is 0. The average Bonchev–Trinajstić information content (AvgIpc) is 2.20. The summed E-state index contributed by atoms with van der Waals surface area (Å²) in [7, 11) is 0. The SMILES string of the molecule is c1ccc2c(c1)C1CCC2OC1. The average molecular weight is 160 g/mol. The van der Waals surface area contributed by atoms with Crippen LogP contribution in [0.2, 0.25) is 0 Å². The number of hydrogen-bond acceptors (Lipinski definition) is 1. The molecule has 12 heavy (non-hydrogen) atoms. The fraction of sp³-hybridized carbons (Fsp3) is 0.455. The molecule has 1 heteroatoms. The van der Waals surface area contributed by atoms with Crippen LogP contribution in [0.3, 0.4) is 0 Å².